The molecular formula is C28H31N2+. The number of imidazole rings is 1. The van der Waals surface area contributed by atoms with Crippen LogP contribution in [0.4, 0.5) is 0 Å². The first-order valence-corrected chi connectivity index (χ1v) is 9.85. The molecule has 1 heterocycles. The standard InChI is InChI=1S/C28H31N2/c1-18-11-12-24(20(3)15-18)25-9-8-10-26(23(25)6)28-29(7)13-14-30(28)27-21(4)16-19(2)17-22(27)5/h8-17H,1-7H3/q+1/i3D3,4D3,5D3. The molecule has 0 spiro atoms. The maximum atomic E-state index is 8.21. The molecule has 2 nitrogen and oxygen atoms in total. The Morgan fingerprint density at radius 2 is 1.43 bits per heavy atom. The van der Waals surface area contributed by atoms with Gasteiger partial charge in [-0.3, -0.25) is 0 Å². The fourth-order valence-corrected chi connectivity index (χ4v) is 4.08. The second-order valence-electron chi connectivity index (χ2n) is 7.84. The van der Waals surface area contributed by atoms with E-state index in [1.54, 1.807) is 41.6 Å². The van der Waals surface area contributed by atoms with Crippen molar-refractivity contribution >= 4 is 0 Å². The van der Waals surface area contributed by atoms with Crippen LogP contribution < -0.4 is 4.57 Å². The van der Waals surface area contributed by atoms with Gasteiger partial charge in [0, 0.05) is 12.3 Å². The van der Waals surface area contributed by atoms with E-state index < -0.39 is 20.6 Å². The van der Waals surface area contributed by atoms with Crippen LogP contribution in [0.25, 0.3) is 28.2 Å². The van der Waals surface area contributed by atoms with E-state index in [4.69, 9.17) is 12.3 Å². The zero-order chi connectivity index (χ0) is 29.1. The topological polar surface area (TPSA) is 8.81 Å². The summed E-state index contributed by atoms with van der Waals surface area (Å²) in [4.78, 5) is 0. The van der Waals surface area contributed by atoms with Gasteiger partial charge in [-0.25, -0.2) is 4.57 Å². The van der Waals surface area contributed by atoms with Gasteiger partial charge in [-0.05, 0) is 80.8 Å². The van der Waals surface area contributed by atoms with Crippen LogP contribution in [0, 0.1) is 41.3 Å². The maximum absolute atomic E-state index is 8.21. The predicted molar refractivity (Wildman–Crippen MR) is 126 cm³/mol. The van der Waals surface area contributed by atoms with Crippen molar-refractivity contribution in [2.24, 2.45) is 7.05 Å². The quantitative estimate of drug-likeness (QED) is 0.345. The highest BCUT2D eigenvalue weighted by Gasteiger charge is 2.24. The lowest BCUT2D eigenvalue weighted by Crippen LogP contribution is -2.29. The second kappa shape index (κ2) is 7.60. The lowest BCUT2D eigenvalue weighted by atomic mass is 9.92. The average Bonchev–Trinajstić information content (AvgIpc) is 3.18. The van der Waals surface area contributed by atoms with Crippen molar-refractivity contribution in [2.75, 3.05) is 0 Å². The van der Waals surface area contributed by atoms with Gasteiger partial charge in [-0.2, -0.15) is 4.57 Å². The summed E-state index contributed by atoms with van der Waals surface area (Å²) in [5.74, 6) is 0.566. The molecule has 30 heavy (non-hydrogen) atoms. The molecule has 0 N–H and O–H groups in total. The van der Waals surface area contributed by atoms with Crippen LogP contribution in [-0.4, -0.2) is 4.57 Å². The van der Waals surface area contributed by atoms with E-state index in [0.717, 1.165) is 16.7 Å². The number of hydrogen-bond donors (Lipinski definition) is 0. The fourth-order valence-electron chi connectivity index (χ4n) is 4.08. The number of nitrogens with zero attached hydrogens (tertiary/aromatic N) is 2. The molecule has 0 bridgehead atoms. The first-order chi connectivity index (χ1) is 17.9. The van der Waals surface area contributed by atoms with Crippen molar-refractivity contribution in [3.8, 4) is 28.2 Å². The van der Waals surface area contributed by atoms with Crippen molar-refractivity contribution in [2.45, 2.75) is 41.3 Å². The normalized spacial score (nSPS) is 16.9. The molecule has 4 rings (SSSR count). The van der Waals surface area contributed by atoms with Crippen molar-refractivity contribution in [1.29, 1.82) is 0 Å². The van der Waals surface area contributed by atoms with E-state index in [0.29, 0.717) is 22.5 Å². The smallest absolute Gasteiger partial charge is 0.232 e. The number of hydrogen-bond acceptors (Lipinski definition) is 0. The summed E-state index contributed by atoms with van der Waals surface area (Å²) < 4.78 is 77.0. The molecule has 0 radical (unpaired) electrons. The molecule has 0 saturated carbocycles. The Hall–Kier alpha value is -3.13. The molecule has 0 unspecified atom stereocenters. The average molecular weight is 405 g/mol. The van der Waals surface area contributed by atoms with Crippen LogP contribution in [-0.2, 0) is 7.05 Å². The van der Waals surface area contributed by atoms with Gasteiger partial charge < -0.3 is 0 Å². The zero-order valence-corrected chi connectivity index (χ0v) is 17.7. The highest BCUT2D eigenvalue weighted by Crippen LogP contribution is 2.34. The summed E-state index contributed by atoms with van der Waals surface area (Å²) in [5, 5.41) is 0. The minimum atomic E-state index is -2.56. The van der Waals surface area contributed by atoms with E-state index in [1.807, 2.05) is 44.2 Å². The van der Waals surface area contributed by atoms with Crippen molar-refractivity contribution in [1.82, 2.24) is 4.57 Å². The molecule has 0 aliphatic carbocycles. The third-order valence-corrected chi connectivity index (χ3v) is 5.54. The lowest BCUT2D eigenvalue weighted by Gasteiger charge is -2.15. The van der Waals surface area contributed by atoms with Crippen molar-refractivity contribution < 1.29 is 16.9 Å². The van der Waals surface area contributed by atoms with E-state index in [2.05, 4.69) is 0 Å². The first kappa shape index (κ1) is 11.9. The van der Waals surface area contributed by atoms with Crippen LogP contribution >= 0.6 is 0 Å². The number of rotatable bonds is 3. The Labute approximate surface area is 193 Å². The lowest BCUT2D eigenvalue weighted by molar-refractivity contribution is -0.659. The van der Waals surface area contributed by atoms with Crippen LogP contribution in [0.2, 0.25) is 0 Å². The van der Waals surface area contributed by atoms with Gasteiger partial charge in [0.2, 0.25) is 0 Å². The molecule has 0 amide bonds. The number of aryl methyl sites for hydroxylation is 6. The molecule has 0 aliphatic heterocycles. The second-order valence-corrected chi connectivity index (χ2v) is 7.84. The molecule has 2 heteroatoms. The van der Waals surface area contributed by atoms with Crippen molar-refractivity contribution in [3.05, 3.63) is 94.3 Å². The van der Waals surface area contributed by atoms with Gasteiger partial charge in [-0.1, -0.05) is 53.6 Å². The first-order valence-electron chi connectivity index (χ1n) is 14.4. The van der Waals surface area contributed by atoms with Gasteiger partial charge >= 0.3 is 0 Å². The van der Waals surface area contributed by atoms with Gasteiger partial charge in [0.1, 0.15) is 18.1 Å². The third-order valence-electron chi connectivity index (χ3n) is 5.54. The van der Waals surface area contributed by atoms with E-state index in [1.165, 1.54) is 12.1 Å². The van der Waals surface area contributed by atoms with Gasteiger partial charge in [-0.15, -0.1) is 0 Å². The van der Waals surface area contributed by atoms with Gasteiger partial charge in [0.05, 0.1) is 12.6 Å². The molecular weight excluding hydrogens is 364 g/mol. The van der Waals surface area contributed by atoms with Gasteiger partial charge in [0.15, 0.2) is 0 Å². The highest BCUT2D eigenvalue weighted by molar-refractivity contribution is 5.77. The molecule has 4 aromatic rings. The Morgan fingerprint density at radius 1 is 0.767 bits per heavy atom. The van der Waals surface area contributed by atoms with Crippen LogP contribution in [0.15, 0.2) is 60.9 Å². The van der Waals surface area contributed by atoms with E-state index in [9.17, 15) is 0 Å². The van der Waals surface area contributed by atoms with Gasteiger partial charge in [0.25, 0.3) is 5.82 Å². The Kier molecular flexibility index (Phi) is 3.02. The molecule has 0 aliphatic rings. The van der Waals surface area contributed by atoms with Crippen LogP contribution in [0.1, 0.15) is 45.7 Å². The third kappa shape index (κ3) is 3.37. The predicted octanol–water partition coefficient (Wildman–Crippen LogP) is 6.49. The summed E-state index contributed by atoms with van der Waals surface area (Å²) in [5.41, 5.74) is 4.42. The summed E-state index contributed by atoms with van der Waals surface area (Å²) in [6.45, 7) is -2.02. The SMILES string of the molecule is [2H]C([2H])([2H])c1cc(C)ccc1-c1cccc(-c2n(-c3c(C([2H])([2H])[2H])cc(C)cc3C([2H])([2H])[2H])cc[n+]2C)c1C. The van der Waals surface area contributed by atoms with E-state index in [-0.39, 0.29) is 22.4 Å². The van der Waals surface area contributed by atoms with Crippen LogP contribution in [0.5, 0.6) is 0 Å². The fraction of sp³-hybridized carbons (Fsp3) is 0.250. The highest BCUT2D eigenvalue weighted by atomic mass is 15.1. The molecule has 3 aromatic carbocycles. The summed E-state index contributed by atoms with van der Waals surface area (Å²) in [7, 11) is 1.80. The molecule has 0 saturated heterocycles. The van der Waals surface area contributed by atoms with Crippen LogP contribution in [0.3, 0.4) is 0 Å². The number of aromatic nitrogens is 2. The Balaban J connectivity index is 2.06. The summed E-state index contributed by atoms with van der Waals surface area (Å²) in [6, 6.07) is 13.9. The molecule has 152 valence electrons. The molecule has 1 aromatic heterocycles. The minimum Gasteiger partial charge on any atom is -0.232 e. The van der Waals surface area contributed by atoms with Crippen molar-refractivity contribution in [3.63, 3.8) is 0 Å². The Bertz CT molecular complexity index is 1520. The zero-order valence-electron chi connectivity index (χ0n) is 26.7. The number of benzene rings is 3. The van der Waals surface area contributed by atoms with E-state index >= 15 is 0 Å². The molecule has 0 atom stereocenters. The summed E-state index contributed by atoms with van der Waals surface area (Å²) >= 11 is 0. The maximum Gasteiger partial charge on any atom is 0.294 e. The molecule has 0 fully saturated rings. The monoisotopic (exact) mass is 404 g/mol. The largest absolute Gasteiger partial charge is 0.294 e. The minimum absolute atomic E-state index is 0.0527. The summed E-state index contributed by atoms with van der Waals surface area (Å²) in [6.07, 6.45) is 3.41. The Morgan fingerprint density at radius 3 is 2.13 bits per heavy atom.